The third kappa shape index (κ3) is 4.05. The van der Waals surface area contributed by atoms with Crippen molar-refractivity contribution >= 4 is 23.4 Å². The number of ether oxygens (including phenoxy) is 2. The molecule has 2 fully saturated rings. The summed E-state index contributed by atoms with van der Waals surface area (Å²) >= 11 is 0. The lowest BCUT2D eigenvalue weighted by molar-refractivity contribution is 0.0696. The summed E-state index contributed by atoms with van der Waals surface area (Å²) in [6, 6.07) is 24.1. The minimum Gasteiger partial charge on any atom is -0.497 e. The van der Waals surface area contributed by atoms with E-state index in [0.717, 1.165) is 0 Å². The molecular formula is C30H24F2N4O4. The van der Waals surface area contributed by atoms with E-state index in [4.69, 9.17) is 9.47 Å². The standard InChI is InChI=1S/C30H24F2N4O4/c1-39-25-15-3-19(4-16-25)27-33(23-11-7-21(31)8-12-23)29(37)36-28(20-5-17-26(40-2)18-6-20)34(30(38)35(27)36)24-13-9-22(32)10-14-24/h3-18,27-28H,1-2H3. The lowest BCUT2D eigenvalue weighted by Gasteiger charge is -2.29. The number of carbonyl (C=O) groups excluding carboxylic acids is 2. The number of carbonyl (C=O) groups is 2. The predicted octanol–water partition coefficient (Wildman–Crippen LogP) is 6.48. The third-order valence-corrected chi connectivity index (χ3v) is 7.03. The van der Waals surface area contributed by atoms with Gasteiger partial charge in [-0.05, 0) is 83.9 Å². The number of hydrazine groups is 1. The molecule has 0 bridgehead atoms. The molecule has 2 atom stereocenters. The van der Waals surface area contributed by atoms with Crippen molar-refractivity contribution in [1.29, 1.82) is 0 Å². The maximum absolute atomic E-state index is 14.3. The second kappa shape index (κ2) is 9.88. The monoisotopic (exact) mass is 542 g/mol. The van der Waals surface area contributed by atoms with Crippen LogP contribution >= 0.6 is 0 Å². The molecule has 202 valence electrons. The van der Waals surface area contributed by atoms with Crippen LogP contribution in [0.3, 0.4) is 0 Å². The first-order valence-electron chi connectivity index (χ1n) is 12.4. The van der Waals surface area contributed by atoms with Crippen LogP contribution in [0.5, 0.6) is 11.5 Å². The highest BCUT2D eigenvalue weighted by molar-refractivity contribution is 6.05. The van der Waals surface area contributed by atoms with Crippen LogP contribution in [0.1, 0.15) is 23.5 Å². The number of methoxy groups -OCH3 is 2. The van der Waals surface area contributed by atoms with E-state index >= 15 is 0 Å². The molecule has 40 heavy (non-hydrogen) atoms. The summed E-state index contributed by atoms with van der Waals surface area (Å²) in [6.07, 6.45) is -1.80. The molecule has 0 spiro atoms. The Hall–Kier alpha value is -5.12. The van der Waals surface area contributed by atoms with Gasteiger partial charge in [0.1, 0.15) is 23.1 Å². The third-order valence-electron chi connectivity index (χ3n) is 7.03. The van der Waals surface area contributed by atoms with E-state index in [1.807, 2.05) is 0 Å². The molecule has 2 unspecified atom stereocenters. The van der Waals surface area contributed by atoms with Crippen LogP contribution in [0, 0.1) is 11.6 Å². The summed E-state index contributed by atoms with van der Waals surface area (Å²) in [7, 11) is 3.09. The highest BCUT2D eigenvalue weighted by Gasteiger charge is 2.59. The van der Waals surface area contributed by atoms with Crippen LogP contribution in [0.25, 0.3) is 0 Å². The van der Waals surface area contributed by atoms with Crippen molar-refractivity contribution in [2.24, 2.45) is 0 Å². The van der Waals surface area contributed by atoms with Crippen molar-refractivity contribution in [3.05, 3.63) is 120 Å². The summed E-state index contributed by atoms with van der Waals surface area (Å²) < 4.78 is 38.3. The van der Waals surface area contributed by atoms with Gasteiger partial charge in [-0.2, -0.15) is 0 Å². The molecule has 0 N–H and O–H groups in total. The Morgan fingerprint density at radius 3 is 1.15 bits per heavy atom. The number of nitrogens with zero attached hydrogens (tertiary/aromatic N) is 4. The first-order valence-corrected chi connectivity index (χ1v) is 12.4. The van der Waals surface area contributed by atoms with Crippen LogP contribution in [-0.2, 0) is 0 Å². The zero-order valence-electron chi connectivity index (χ0n) is 21.6. The molecular weight excluding hydrogens is 518 g/mol. The number of benzene rings is 4. The highest BCUT2D eigenvalue weighted by atomic mass is 19.1. The SMILES string of the molecule is COc1ccc(C2N(c3ccc(F)cc3)C(=O)N3C(c4ccc(OC)cc4)N(c4ccc(F)cc4)C(=O)N23)cc1. The number of rotatable bonds is 6. The van der Waals surface area contributed by atoms with E-state index in [0.29, 0.717) is 34.0 Å². The molecule has 10 heteroatoms. The van der Waals surface area contributed by atoms with Gasteiger partial charge in [-0.25, -0.2) is 28.4 Å². The minimum atomic E-state index is -0.900. The number of halogens is 2. The number of hydrogen-bond donors (Lipinski definition) is 0. The van der Waals surface area contributed by atoms with E-state index < -0.39 is 36.0 Å². The van der Waals surface area contributed by atoms with Crippen molar-refractivity contribution in [2.75, 3.05) is 24.0 Å². The van der Waals surface area contributed by atoms with Gasteiger partial charge in [0.2, 0.25) is 0 Å². The summed E-state index contributed by atoms with van der Waals surface area (Å²) in [5, 5.41) is 2.76. The fourth-order valence-corrected chi connectivity index (χ4v) is 5.12. The van der Waals surface area contributed by atoms with E-state index in [2.05, 4.69) is 0 Å². The van der Waals surface area contributed by atoms with Gasteiger partial charge in [0, 0.05) is 11.4 Å². The van der Waals surface area contributed by atoms with E-state index in [1.54, 1.807) is 62.8 Å². The van der Waals surface area contributed by atoms with Crippen LogP contribution in [0.2, 0.25) is 0 Å². The summed E-state index contributed by atoms with van der Waals surface area (Å²) in [4.78, 5) is 31.5. The molecule has 4 aromatic rings. The number of urea groups is 2. The Labute approximate surface area is 229 Å². The molecule has 8 nitrogen and oxygen atoms in total. The zero-order valence-corrected chi connectivity index (χ0v) is 21.6. The maximum Gasteiger partial charge on any atom is 0.347 e. The van der Waals surface area contributed by atoms with E-state index in [1.165, 1.54) is 68.3 Å². The minimum absolute atomic E-state index is 0.413. The normalized spacial score (nSPS) is 18.4. The van der Waals surface area contributed by atoms with Crippen molar-refractivity contribution in [2.45, 2.75) is 12.3 Å². The van der Waals surface area contributed by atoms with Gasteiger partial charge < -0.3 is 9.47 Å². The first-order chi connectivity index (χ1) is 19.4. The maximum atomic E-state index is 14.3. The van der Waals surface area contributed by atoms with Gasteiger partial charge >= 0.3 is 12.1 Å². The molecule has 0 radical (unpaired) electrons. The van der Waals surface area contributed by atoms with Crippen LogP contribution in [-0.4, -0.2) is 36.3 Å². The number of hydrogen-bond acceptors (Lipinski definition) is 4. The predicted molar refractivity (Wildman–Crippen MR) is 144 cm³/mol. The average molecular weight is 543 g/mol. The molecule has 0 saturated carbocycles. The Bertz CT molecular complexity index is 1430. The topological polar surface area (TPSA) is 65.6 Å². The fraction of sp³-hybridized carbons (Fsp3) is 0.133. The second-order valence-corrected chi connectivity index (χ2v) is 9.24. The average Bonchev–Trinajstić information content (AvgIpc) is 3.45. The van der Waals surface area contributed by atoms with Crippen molar-refractivity contribution in [3.63, 3.8) is 0 Å². The fourth-order valence-electron chi connectivity index (χ4n) is 5.12. The summed E-state index contributed by atoms with van der Waals surface area (Å²) in [6.45, 7) is 0. The Kier molecular flexibility index (Phi) is 6.22. The largest absolute Gasteiger partial charge is 0.497 e. The Balaban J connectivity index is 1.53. The van der Waals surface area contributed by atoms with Crippen LogP contribution in [0.15, 0.2) is 97.1 Å². The van der Waals surface area contributed by atoms with E-state index in [9.17, 15) is 18.4 Å². The number of fused-ring (bicyclic) bond motifs is 1. The first kappa shape index (κ1) is 25.2. The molecule has 0 aromatic heterocycles. The van der Waals surface area contributed by atoms with Gasteiger partial charge in [-0.1, -0.05) is 24.3 Å². The van der Waals surface area contributed by atoms with Gasteiger partial charge in [-0.3, -0.25) is 9.80 Å². The van der Waals surface area contributed by atoms with Gasteiger partial charge in [0.25, 0.3) is 0 Å². The quantitative estimate of drug-likeness (QED) is 0.280. The zero-order chi connectivity index (χ0) is 28.0. The highest BCUT2D eigenvalue weighted by Crippen LogP contribution is 2.49. The lowest BCUT2D eigenvalue weighted by atomic mass is 10.1. The van der Waals surface area contributed by atoms with Crippen LogP contribution < -0.4 is 19.3 Å². The summed E-state index contributed by atoms with van der Waals surface area (Å²) in [5.41, 5.74) is 2.08. The number of anilines is 2. The molecule has 4 aromatic carbocycles. The van der Waals surface area contributed by atoms with Crippen molar-refractivity contribution in [3.8, 4) is 11.5 Å². The van der Waals surface area contributed by atoms with Gasteiger partial charge in [-0.15, -0.1) is 0 Å². The molecule has 2 aliphatic rings. The second-order valence-electron chi connectivity index (χ2n) is 9.24. The van der Waals surface area contributed by atoms with Crippen LogP contribution in [0.4, 0.5) is 29.7 Å². The molecule has 2 saturated heterocycles. The van der Waals surface area contributed by atoms with Gasteiger partial charge in [0.15, 0.2) is 12.3 Å². The summed E-state index contributed by atoms with van der Waals surface area (Å²) in [5.74, 6) is 0.309. The smallest absolute Gasteiger partial charge is 0.347 e. The molecule has 4 amide bonds. The Morgan fingerprint density at radius 2 is 0.850 bits per heavy atom. The molecule has 0 aliphatic carbocycles. The molecule has 6 rings (SSSR count). The molecule has 2 heterocycles. The van der Waals surface area contributed by atoms with Gasteiger partial charge in [0.05, 0.1) is 14.2 Å². The number of amides is 4. The molecule has 2 aliphatic heterocycles. The van der Waals surface area contributed by atoms with Crippen molar-refractivity contribution < 1.29 is 27.8 Å². The Morgan fingerprint density at radius 1 is 0.525 bits per heavy atom. The lowest BCUT2D eigenvalue weighted by Crippen LogP contribution is -2.40. The van der Waals surface area contributed by atoms with Crippen molar-refractivity contribution in [1.82, 2.24) is 10.0 Å². The van der Waals surface area contributed by atoms with E-state index in [-0.39, 0.29) is 0 Å².